The minimum absolute atomic E-state index is 0.000121. The Bertz CT molecular complexity index is 731. The van der Waals surface area contributed by atoms with Crippen LogP contribution in [0.25, 0.3) is 0 Å². The number of piperazine rings is 1. The second kappa shape index (κ2) is 9.85. The third-order valence-corrected chi connectivity index (χ3v) is 7.59. The van der Waals surface area contributed by atoms with E-state index in [1.807, 2.05) is 11.0 Å². The second-order valence-corrected chi connectivity index (χ2v) is 10.3. The summed E-state index contributed by atoms with van der Waals surface area (Å²) in [7, 11) is -2.94. The number of hydrogen-bond donors (Lipinski definition) is 0. The van der Waals surface area contributed by atoms with E-state index < -0.39 is 9.84 Å². The van der Waals surface area contributed by atoms with Gasteiger partial charge in [-0.25, -0.2) is 8.42 Å². The van der Waals surface area contributed by atoms with E-state index in [1.54, 1.807) is 0 Å². The Morgan fingerprint density at radius 1 is 1.14 bits per heavy atom. The van der Waals surface area contributed by atoms with E-state index in [4.69, 9.17) is 0 Å². The molecule has 28 heavy (non-hydrogen) atoms. The molecule has 0 N–H and O–H groups in total. The molecule has 1 atom stereocenters. The highest BCUT2D eigenvalue weighted by molar-refractivity contribution is 7.91. The summed E-state index contributed by atoms with van der Waals surface area (Å²) in [4.78, 5) is 19.3. The first-order valence-electron chi connectivity index (χ1n) is 10.5. The van der Waals surface area contributed by atoms with Gasteiger partial charge in [0.2, 0.25) is 5.91 Å². The molecule has 3 rings (SSSR count). The van der Waals surface area contributed by atoms with E-state index in [2.05, 4.69) is 41.0 Å². The fraction of sp³-hybridized carbons (Fsp3) is 0.667. The first kappa shape index (κ1) is 21.3. The summed E-state index contributed by atoms with van der Waals surface area (Å²) in [6.07, 6.45) is 2.70. The van der Waals surface area contributed by atoms with Crippen molar-refractivity contribution in [2.45, 2.75) is 38.8 Å². The highest BCUT2D eigenvalue weighted by Crippen LogP contribution is 2.19. The number of unbranched alkanes of at least 4 members (excludes halogenated alkanes) is 1. The molecule has 0 aromatic heterocycles. The molecule has 0 bridgehead atoms. The van der Waals surface area contributed by atoms with E-state index in [0.29, 0.717) is 13.0 Å². The van der Waals surface area contributed by atoms with Crippen LogP contribution in [0.1, 0.15) is 31.7 Å². The van der Waals surface area contributed by atoms with Crippen molar-refractivity contribution in [3.63, 3.8) is 0 Å². The van der Waals surface area contributed by atoms with Crippen LogP contribution in [0.3, 0.4) is 0 Å². The van der Waals surface area contributed by atoms with Gasteiger partial charge in [-0.05, 0) is 24.9 Å². The topological polar surface area (TPSA) is 60.9 Å². The second-order valence-electron chi connectivity index (χ2n) is 8.02. The standard InChI is InChI=1S/C21H33N3O3S/c1-2-3-10-24(20-9-15-28(26,27)18-20)17-21(25)23-13-11-22(12-14-23)16-19-7-5-4-6-8-19/h4-8,20H,2-3,9-18H2,1H3. The number of nitrogens with zero attached hydrogens (tertiary/aromatic N) is 3. The summed E-state index contributed by atoms with van der Waals surface area (Å²) in [6.45, 7) is 7.45. The highest BCUT2D eigenvalue weighted by Gasteiger charge is 2.33. The lowest BCUT2D eigenvalue weighted by Gasteiger charge is -2.36. The van der Waals surface area contributed by atoms with Crippen LogP contribution in [-0.2, 0) is 21.2 Å². The van der Waals surface area contributed by atoms with Crippen molar-refractivity contribution in [2.24, 2.45) is 0 Å². The zero-order valence-corrected chi connectivity index (χ0v) is 17.7. The van der Waals surface area contributed by atoms with Crippen LogP contribution in [-0.4, -0.2) is 85.8 Å². The van der Waals surface area contributed by atoms with Crippen molar-refractivity contribution in [3.05, 3.63) is 35.9 Å². The van der Waals surface area contributed by atoms with E-state index >= 15 is 0 Å². The normalized spacial score (nSPS) is 22.6. The maximum Gasteiger partial charge on any atom is 0.236 e. The van der Waals surface area contributed by atoms with Crippen LogP contribution in [0.15, 0.2) is 30.3 Å². The number of carbonyl (C=O) groups excluding carboxylic acids is 1. The number of hydrogen-bond acceptors (Lipinski definition) is 5. The van der Waals surface area contributed by atoms with Crippen LogP contribution in [0.2, 0.25) is 0 Å². The molecule has 2 fully saturated rings. The molecule has 6 nitrogen and oxygen atoms in total. The molecule has 156 valence electrons. The molecule has 0 radical (unpaired) electrons. The van der Waals surface area contributed by atoms with Crippen molar-refractivity contribution in [1.29, 1.82) is 0 Å². The van der Waals surface area contributed by atoms with E-state index in [0.717, 1.165) is 52.1 Å². The third-order valence-electron chi connectivity index (χ3n) is 5.84. The number of carbonyl (C=O) groups is 1. The first-order valence-corrected chi connectivity index (χ1v) is 12.3. The summed E-state index contributed by atoms with van der Waals surface area (Å²) < 4.78 is 23.7. The lowest BCUT2D eigenvalue weighted by molar-refractivity contribution is -0.134. The summed E-state index contributed by atoms with van der Waals surface area (Å²) >= 11 is 0. The molecular weight excluding hydrogens is 374 g/mol. The van der Waals surface area contributed by atoms with Gasteiger partial charge in [-0.1, -0.05) is 43.7 Å². The minimum Gasteiger partial charge on any atom is -0.339 e. The van der Waals surface area contributed by atoms with Gasteiger partial charge in [0, 0.05) is 38.8 Å². The molecule has 2 aliphatic rings. The number of sulfone groups is 1. The molecule has 2 heterocycles. The Hall–Kier alpha value is -1.44. The van der Waals surface area contributed by atoms with Crippen molar-refractivity contribution in [2.75, 3.05) is 50.8 Å². The van der Waals surface area contributed by atoms with Crippen LogP contribution >= 0.6 is 0 Å². The maximum absolute atomic E-state index is 12.9. The molecule has 2 aliphatic heterocycles. The zero-order valence-electron chi connectivity index (χ0n) is 16.9. The van der Waals surface area contributed by atoms with Gasteiger partial charge in [-0.2, -0.15) is 0 Å². The van der Waals surface area contributed by atoms with Gasteiger partial charge in [-0.15, -0.1) is 0 Å². The molecule has 0 spiro atoms. The summed E-state index contributed by atoms with van der Waals surface area (Å²) in [5.41, 5.74) is 1.30. The zero-order chi connectivity index (χ0) is 20.0. The van der Waals surface area contributed by atoms with Crippen molar-refractivity contribution < 1.29 is 13.2 Å². The molecule has 1 aromatic rings. The van der Waals surface area contributed by atoms with E-state index in [9.17, 15) is 13.2 Å². The molecular formula is C21H33N3O3S. The van der Waals surface area contributed by atoms with E-state index in [1.165, 1.54) is 5.56 Å². The van der Waals surface area contributed by atoms with E-state index in [-0.39, 0.29) is 23.5 Å². The van der Waals surface area contributed by atoms with Gasteiger partial charge in [0.15, 0.2) is 9.84 Å². The first-order chi connectivity index (χ1) is 13.5. The molecule has 0 aliphatic carbocycles. The highest BCUT2D eigenvalue weighted by atomic mass is 32.2. The Morgan fingerprint density at radius 2 is 1.86 bits per heavy atom. The van der Waals surface area contributed by atoms with Crippen molar-refractivity contribution in [3.8, 4) is 0 Å². The van der Waals surface area contributed by atoms with Gasteiger partial charge in [0.25, 0.3) is 0 Å². The quantitative estimate of drug-likeness (QED) is 0.655. The van der Waals surface area contributed by atoms with Gasteiger partial charge in [0.1, 0.15) is 0 Å². The van der Waals surface area contributed by atoms with Gasteiger partial charge in [-0.3, -0.25) is 14.6 Å². The predicted octanol–water partition coefficient (Wildman–Crippen LogP) is 1.62. The van der Waals surface area contributed by atoms with Crippen molar-refractivity contribution >= 4 is 15.7 Å². The van der Waals surface area contributed by atoms with Crippen molar-refractivity contribution in [1.82, 2.24) is 14.7 Å². The summed E-state index contributed by atoms with van der Waals surface area (Å²) in [5, 5.41) is 0. The largest absolute Gasteiger partial charge is 0.339 e. The Kier molecular flexibility index (Phi) is 7.48. The average molecular weight is 408 g/mol. The summed E-state index contributed by atoms with van der Waals surface area (Å²) in [6, 6.07) is 10.4. The SMILES string of the molecule is CCCCN(CC(=O)N1CCN(Cc2ccccc2)CC1)C1CCS(=O)(=O)C1. The molecule has 1 amide bonds. The minimum atomic E-state index is -2.94. The molecule has 0 saturated carbocycles. The molecule has 7 heteroatoms. The fourth-order valence-electron chi connectivity index (χ4n) is 4.09. The Balaban J connectivity index is 1.50. The van der Waals surface area contributed by atoms with Gasteiger partial charge >= 0.3 is 0 Å². The predicted molar refractivity (Wildman–Crippen MR) is 112 cm³/mol. The molecule has 1 unspecified atom stereocenters. The number of benzene rings is 1. The van der Waals surface area contributed by atoms with Crippen LogP contribution in [0.5, 0.6) is 0 Å². The maximum atomic E-state index is 12.9. The Morgan fingerprint density at radius 3 is 2.46 bits per heavy atom. The molecule has 2 saturated heterocycles. The number of rotatable bonds is 8. The monoisotopic (exact) mass is 407 g/mol. The van der Waals surface area contributed by atoms with Crippen LogP contribution < -0.4 is 0 Å². The van der Waals surface area contributed by atoms with Crippen LogP contribution in [0, 0.1) is 0 Å². The lowest BCUT2D eigenvalue weighted by atomic mass is 10.2. The smallest absolute Gasteiger partial charge is 0.236 e. The fourth-order valence-corrected chi connectivity index (χ4v) is 5.85. The van der Waals surface area contributed by atoms with Gasteiger partial charge in [0.05, 0.1) is 18.1 Å². The third kappa shape index (κ3) is 6.03. The lowest BCUT2D eigenvalue weighted by Crippen LogP contribution is -2.52. The number of amides is 1. The van der Waals surface area contributed by atoms with Crippen LogP contribution in [0.4, 0.5) is 0 Å². The average Bonchev–Trinajstić information content (AvgIpc) is 3.06. The molecule has 1 aromatic carbocycles. The Labute approximate surface area is 169 Å². The van der Waals surface area contributed by atoms with Gasteiger partial charge < -0.3 is 4.90 Å². The summed E-state index contributed by atoms with van der Waals surface area (Å²) in [5.74, 6) is 0.598.